The number of nitrogens with one attached hydrogen (secondary N) is 1. The molecule has 1 fully saturated rings. The summed E-state index contributed by atoms with van der Waals surface area (Å²) in [5.41, 5.74) is 1.49. The molecule has 1 N–H and O–H groups in total. The molecule has 1 saturated carbocycles. The SMILES string of the molecule is C[C@@H]1[C@H](C)CCC[C@H]1NC(=O)CN1C(=O)/C(=C\c2ccccc2)Oc2ccccc21. The van der Waals surface area contributed by atoms with E-state index in [0.717, 1.165) is 18.4 Å². The number of carbonyl (C=O) groups excluding carboxylic acids is 2. The third kappa shape index (κ3) is 4.25. The van der Waals surface area contributed by atoms with E-state index < -0.39 is 0 Å². The fourth-order valence-electron chi connectivity index (χ4n) is 4.30. The summed E-state index contributed by atoms with van der Waals surface area (Å²) in [6, 6.07) is 17.0. The zero-order valence-electron chi connectivity index (χ0n) is 17.5. The van der Waals surface area contributed by atoms with Gasteiger partial charge in [0.25, 0.3) is 5.91 Å². The van der Waals surface area contributed by atoms with Crippen LogP contribution in [0.5, 0.6) is 5.75 Å². The molecule has 156 valence electrons. The predicted octanol–water partition coefficient (Wildman–Crippen LogP) is 4.39. The highest BCUT2D eigenvalue weighted by Gasteiger charge is 2.33. The van der Waals surface area contributed by atoms with Crippen molar-refractivity contribution in [3.63, 3.8) is 0 Å². The summed E-state index contributed by atoms with van der Waals surface area (Å²) in [7, 11) is 0. The Labute approximate surface area is 177 Å². The number of ether oxygens (including phenoxy) is 1. The second-order valence-electron chi connectivity index (χ2n) is 8.32. The van der Waals surface area contributed by atoms with Crippen LogP contribution < -0.4 is 15.0 Å². The van der Waals surface area contributed by atoms with Gasteiger partial charge < -0.3 is 10.1 Å². The zero-order valence-corrected chi connectivity index (χ0v) is 17.5. The first-order chi connectivity index (χ1) is 14.5. The second-order valence-corrected chi connectivity index (χ2v) is 8.32. The highest BCUT2D eigenvalue weighted by Crippen LogP contribution is 2.35. The van der Waals surface area contributed by atoms with Gasteiger partial charge in [0.1, 0.15) is 6.54 Å². The van der Waals surface area contributed by atoms with Crippen LogP contribution in [0.3, 0.4) is 0 Å². The van der Waals surface area contributed by atoms with Crippen molar-refractivity contribution in [2.45, 2.75) is 39.2 Å². The average molecular weight is 405 g/mol. The van der Waals surface area contributed by atoms with Crippen LogP contribution in [0.4, 0.5) is 5.69 Å². The molecule has 1 aliphatic carbocycles. The van der Waals surface area contributed by atoms with Gasteiger partial charge in [-0.15, -0.1) is 0 Å². The van der Waals surface area contributed by atoms with Gasteiger partial charge in [0.15, 0.2) is 11.5 Å². The van der Waals surface area contributed by atoms with Gasteiger partial charge >= 0.3 is 0 Å². The molecule has 0 radical (unpaired) electrons. The maximum absolute atomic E-state index is 13.2. The molecule has 1 aliphatic heterocycles. The van der Waals surface area contributed by atoms with Crippen molar-refractivity contribution < 1.29 is 14.3 Å². The molecule has 5 nitrogen and oxygen atoms in total. The lowest BCUT2D eigenvalue weighted by Gasteiger charge is -2.35. The monoisotopic (exact) mass is 404 g/mol. The number of amides is 2. The number of anilines is 1. The standard InChI is InChI=1S/C25H28N2O3/c1-17-9-8-12-20(18(17)2)26-24(28)16-27-21-13-6-7-14-22(21)30-23(25(27)29)15-19-10-4-3-5-11-19/h3-7,10-11,13-15,17-18,20H,8-9,12,16H2,1-2H3,(H,26,28)/b23-15+/t17-,18-,20-/m1/s1. The maximum Gasteiger partial charge on any atom is 0.294 e. The Kier molecular flexibility index (Phi) is 5.88. The molecule has 0 unspecified atom stereocenters. The Morgan fingerprint density at radius 3 is 2.63 bits per heavy atom. The molecule has 2 amide bonds. The van der Waals surface area contributed by atoms with E-state index in [0.29, 0.717) is 23.3 Å². The van der Waals surface area contributed by atoms with Crippen molar-refractivity contribution in [2.75, 3.05) is 11.4 Å². The molecular formula is C25H28N2O3. The van der Waals surface area contributed by atoms with E-state index in [-0.39, 0.29) is 30.2 Å². The fourth-order valence-corrected chi connectivity index (χ4v) is 4.30. The number of hydrogen-bond donors (Lipinski definition) is 1. The van der Waals surface area contributed by atoms with Crippen molar-refractivity contribution in [1.82, 2.24) is 5.32 Å². The van der Waals surface area contributed by atoms with Gasteiger partial charge in [-0.05, 0) is 42.0 Å². The number of nitrogens with zero attached hydrogens (tertiary/aromatic N) is 1. The first-order valence-corrected chi connectivity index (χ1v) is 10.7. The minimum Gasteiger partial charge on any atom is -0.449 e. The van der Waals surface area contributed by atoms with E-state index in [4.69, 9.17) is 4.74 Å². The van der Waals surface area contributed by atoms with Crippen molar-refractivity contribution in [3.05, 3.63) is 65.9 Å². The maximum atomic E-state index is 13.2. The Hall–Kier alpha value is -3.08. The summed E-state index contributed by atoms with van der Waals surface area (Å²) in [4.78, 5) is 27.6. The molecule has 2 aromatic rings. The molecule has 5 heteroatoms. The fraction of sp³-hybridized carbons (Fsp3) is 0.360. The van der Waals surface area contributed by atoms with Crippen molar-refractivity contribution in [1.29, 1.82) is 0 Å². The van der Waals surface area contributed by atoms with E-state index >= 15 is 0 Å². The molecule has 0 saturated heterocycles. The van der Waals surface area contributed by atoms with E-state index in [9.17, 15) is 9.59 Å². The first kappa shape index (κ1) is 20.2. The van der Waals surface area contributed by atoms with Crippen LogP contribution in [0, 0.1) is 11.8 Å². The Balaban J connectivity index is 1.55. The van der Waals surface area contributed by atoms with Gasteiger partial charge in [-0.2, -0.15) is 0 Å². The molecule has 0 spiro atoms. The number of hydrogen-bond acceptors (Lipinski definition) is 3. The quantitative estimate of drug-likeness (QED) is 0.769. The van der Waals surface area contributed by atoms with Crippen LogP contribution >= 0.6 is 0 Å². The molecule has 1 heterocycles. The zero-order chi connectivity index (χ0) is 21.1. The first-order valence-electron chi connectivity index (χ1n) is 10.7. The molecule has 3 atom stereocenters. The van der Waals surface area contributed by atoms with Gasteiger partial charge in [-0.25, -0.2) is 0 Å². The lowest BCUT2D eigenvalue weighted by Crippen LogP contribution is -2.49. The van der Waals surface area contributed by atoms with Gasteiger partial charge in [0.05, 0.1) is 5.69 Å². The highest BCUT2D eigenvalue weighted by atomic mass is 16.5. The van der Waals surface area contributed by atoms with Crippen molar-refractivity contribution in [3.8, 4) is 5.75 Å². The molecule has 4 rings (SSSR count). The number of para-hydroxylation sites is 2. The number of carbonyl (C=O) groups is 2. The highest BCUT2D eigenvalue weighted by molar-refractivity contribution is 6.12. The van der Waals surface area contributed by atoms with Gasteiger partial charge in [-0.3, -0.25) is 14.5 Å². The van der Waals surface area contributed by atoms with Crippen LogP contribution in [0.2, 0.25) is 0 Å². The van der Waals surface area contributed by atoms with Crippen LogP contribution in [0.15, 0.2) is 60.4 Å². The van der Waals surface area contributed by atoms with Gasteiger partial charge in [-0.1, -0.05) is 69.2 Å². The van der Waals surface area contributed by atoms with Gasteiger partial charge in [0.2, 0.25) is 5.91 Å². The van der Waals surface area contributed by atoms with Crippen LogP contribution in [-0.4, -0.2) is 24.4 Å². The lowest BCUT2D eigenvalue weighted by atomic mass is 9.78. The third-order valence-corrected chi connectivity index (χ3v) is 6.28. The minimum absolute atomic E-state index is 0.0249. The molecule has 0 bridgehead atoms. The molecule has 30 heavy (non-hydrogen) atoms. The van der Waals surface area contributed by atoms with Gasteiger partial charge in [0, 0.05) is 6.04 Å². The summed E-state index contributed by atoms with van der Waals surface area (Å²) >= 11 is 0. The van der Waals surface area contributed by atoms with E-state index in [1.54, 1.807) is 6.08 Å². The number of rotatable bonds is 4. The molecular weight excluding hydrogens is 376 g/mol. The third-order valence-electron chi connectivity index (χ3n) is 6.28. The Morgan fingerprint density at radius 2 is 1.83 bits per heavy atom. The summed E-state index contributed by atoms with van der Waals surface area (Å²) in [5, 5.41) is 3.17. The second kappa shape index (κ2) is 8.74. The van der Waals surface area contributed by atoms with Crippen LogP contribution in [-0.2, 0) is 9.59 Å². The van der Waals surface area contributed by atoms with E-state index in [1.807, 2.05) is 54.6 Å². The van der Waals surface area contributed by atoms with Crippen molar-refractivity contribution in [2.24, 2.45) is 11.8 Å². The largest absolute Gasteiger partial charge is 0.449 e. The van der Waals surface area contributed by atoms with E-state index in [2.05, 4.69) is 19.2 Å². The van der Waals surface area contributed by atoms with Crippen molar-refractivity contribution >= 4 is 23.6 Å². The van der Waals surface area contributed by atoms with E-state index in [1.165, 1.54) is 11.3 Å². The van der Waals surface area contributed by atoms with Crippen LogP contribution in [0.25, 0.3) is 6.08 Å². The molecule has 0 aromatic heterocycles. The lowest BCUT2D eigenvalue weighted by molar-refractivity contribution is -0.124. The summed E-state index contributed by atoms with van der Waals surface area (Å²) < 4.78 is 5.88. The summed E-state index contributed by atoms with van der Waals surface area (Å²) in [5.74, 6) is 1.38. The molecule has 2 aromatic carbocycles. The average Bonchev–Trinajstić information content (AvgIpc) is 2.75. The van der Waals surface area contributed by atoms with Crippen LogP contribution in [0.1, 0.15) is 38.7 Å². The Bertz CT molecular complexity index is 954. The number of benzene rings is 2. The topological polar surface area (TPSA) is 58.6 Å². The molecule has 2 aliphatic rings. The summed E-state index contributed by atoms with van der Waals surface area (Å²) in [6.07, 6.45) is 5.04. The smallest absolute Gasteiger partial charge is 0.294 e. The summed E-state index contributed by atoms with van der Waals surface area (Å²) in [6.45, 7) is 4.42. The Morgan fingerprint density at radius 1 is 1.10 bits per heavy atom. The normalized spacial score (nSPS) is 24.9. The number of fused-ring (bicyclic) bond motifs is 1. The minimum atomic E-state index is -0.308. The predicted molar refractivity (Wildman–Crippen MR) is 118 cm³/mol.